The third-order valence-corrected chi connectivity index (χ3v) is 4.27. The van der Waals surface area contributed by atoms with Crippen LogP contribution in [0.4, 0.5) is 5.82 Å². The van der Waals surface area contributed by atoms with Gasteiger partial charge in [0.2, 0.25) is 0 Å². The molecule has 0 unspecified atom stereocenters. The van der Waals surface area contributed by atoms with Crippen molar-refractivity contribution in [3.05, 3.63) is 21.4 Å². The Morgan fingerprint density at radius 1 is 1.58 bits per heavy atom. The first kappa shape index (κ1) is 8.29. The number of anilines is 1. The summed E-state index contributed by atoms with van der Waals surface area (Å²) in [7, 11) is 0. The summed E-state index contributed by atoms with van der Waals surface area (Å²) in [5, 5.41) is 3.34. The van der Waals surface area contributed by atoms with E-state index in [4.69, 9.17) is 0 Å². The van der Waals surface area contributed by atoms with Crippen LogP contribution in [0.2, 0.25) is 0 Å². The van der Waals surface area contributed by atoms with Gasteiger partial charge in [-0.3, -0.25) is 0 Å². The van der Waals surface area contributed by atoms with Crippen LogP contribution in [0.25, 0.3) is 0 Å². The Balaban J connectivity index is 2.44. The molecular formula is C9H12IN2-. The van der Waals surface area contributed by atoms with E-state index in [0.717, 1.165) is 12.4 Å². The Bertz CT molecular complexity index is 272. The third-order valence-electron chi connectivity index (χ3n) is 2.10. The first-order valence-electron chi connectivity index (χ1n) is 4.13. The van der Waals surface area contributed by atoms with E-state index in [1.807, 2.05) is 6.20 Å². The standard InChI is InChI=1S/C9H12IN2/c1-10-8-4-6-12-9-7(8)3-2-5-11-9/h4,6H,2-3,5H2,1H3,(H,11,12)/q-1. The maximum atomic E-state index is 4.33. The number of nitrogens with zero attached hydrogens (tertiary/aromatic N) is 1. The molecule has 0 aliphatic carbocycles. The van der Waals surface area contributed by atoms with Crippen molar-refractivity contribution < 1.29 is 21.2 Å². The fourth-order valence-corrected chi connectivity index (χ4v) is 3.20. The van der Waals surface area contributed by atoms with Gasteiger partial charge in [0.25, 0.3) is 0 Å². The van der Waals surface area contributed by atoms with Gasteiger partial charge in [0, 0.05) is 0 Å². The Labute approximate surface area is 83.0 Å². The molecule has 0 spiro atoms. The van der Waals surface area contributed by atoms with Crippen molar-refractivity contribution in [3.8, 4) is 0 Å². The van der Waals surface area contributed by atoms with Crippen LogP contribution in [0.3, 0.4) is 0 Å². The molecule has 3 heteroatoms. The van der Waals surface area contributed by atoms with Crippen molar-refractivity contribution in [2.24, 2.45) is 0 Å². The molecule has 66 valence electrons. The van der Waals surface area contributed by atoms with Crippen molar-refractivity contribution in [1.29, 1.82) is 0 Å². The average Bonchev–Trinajstić information content (AvgIpc) is 2.17. The normalized spacial score (nSPS) is 15.4. The molecule has 0 bridgehead atoms. The van der Waals surface area contributed by atoms with Crippen LogP contribution in [0, 0.1) is 3.57 Å². The average molecular weight is 275 g/mol. The molecule has 0 aromatic carbocycles. The van der Waals surface area contributed by atoms with Crippen LogP contribution < -0.4 is 26.5 Å². The molecule has 0 atom stereocenters. The zero-order valence-electron chi connectivity index (χ0n) is 7.10. The molecule has 2 rings (SSSR count). The zero-order valence-corrected chi connectivity index (χ0v) is 9.26. The van der Waals surface area contributed by atoms with Crippen LogP contribution in [0.5, 0.6) is 0 Å². The quantitative estimate of drug-likeness (QED) is 0.489. The fourth-order valence-electron chi connectivity index (χ4n) is 1.51. The number of rotatable bonds is 1. The predicted octanol–water partition coefficient (Wildman–Crippen LogP) is -1.67. The number of pyridine rings is 1. The molecule has 1 aromatic heterocycles. The Hall–Kier alpha value is -0.320. The van der Waals surface area contributed by atoms with E-state index in [2.05, 4.69) is 21.3 Å². The van der Waals surface area contributed by atoms with Gasteiger partial charge in [0.05, 0.1) is 0 Å². The summed E-state index contributed by atoms with van der Waals surface area (Å²) in [4.78, 5) is 6.64. The van der Waals surface area contributed by atoms with Crippen LogP contribution >= 0.6 is 0 Å². The summed E-state index contributed by atoms with van der Waals surface area (Å²) >= 11 is 0.212. The monoisotopic (exact) mass is 275 g/mol. The first-order valence-corrected chi connectivity index (χ1v) is 7.36. The summed E-state index contributed by atoms with van der Waals surface area (Å²) < 4.78 is 1.56. The van der Waals surface area contributed by atoms with E-state index in [-0.39, 0.29) is 21.2 Å². The molecule has 0 fully saturated rings. The summed E-state index contributed by atoms with van der Waals surface area (Å²) in [6.07, 6.45) is 4.41. The van der Waals surface area contributed by atoms with Gasteiger partial charge < -0.3 is 0 Å². The number of fused-ring (bicyclic) bond motifs is 1. The topological polar surface area (TPSA) is 24.9 Å². The number of alkyl halides is 1. The molecule has 0 radical (unpaired) electrons. The summed E-state index contributed by atoms with van der Waals surface area (Å²) in [5.74, 6) is 1.14. The van der Waals surface area contributed by atoms with Gasteiger partial charge >= 0.3 is 83.0 Å². The maximum absolute atomic E-state index is 4.33. The molecule has 1 aromatic rings. The summed E-state index contributed by atoms with van der Waals surface area (Å²) in [6, 6.07) is 2.18. The predicted molar refractivity (Wildman–Crippen MR) is 45.7 cm³/mol. The first-order chi connectivity index (χ1) is 5.92. The molecule has 1 aliphatic heterocycles. The number of halogens is 1. The van der Waals surface area contributed by atoms with Gasteiger partial charge in [-0.2, -0.15) is 0 Å². The minimum absolute atomic E-state index is 0.212. The molecule has 1 aliphatic rings. The van der Waals surface area contributed by atoms with Gasteiger partial charge in [-0.15, -0.1) is 0 Å². The molecule has 2 nitrogen and oxygen atoms in total. The van der Waals surface area contributed by atoms with E-state index >= 15 is 0 Å². The molecule has 2 heterocycles. The van der Waals surface area contributed by atoms with Crippen molar-refractivity contribution in [1.82, 2.24) is 4.98 Å². The van der Waals surface area contributed by atoms with Gasteiger partial charge in [-0.25, -0.2) is 0 Å². The van der Waals surface area contributed by atoms with Crippen LogP contribution in [0.15, 0.2) is 12.3 Å². The Morgan fingerprint density at radius 2 is 2.50 bits per heavy atom. The minimum atomic E-state index is 0.212. The summed E-state index contributed by atoms with van der Waals surface area (Å²) in [6.45, 7) is 1.09. The van der Waals surface area contributed by atoms with Crippen LogP contribution in [0.1, 0.15) is 12.0 Å². The number of hydrogen-bond acceptors (Lipinski definition) is 2. The van der Waals surface area contributed by atoms with Crippen molar-refractivity contribution >= 4 is 5.82 Å². The van der Waals surface area contributed by atoms with Gasteiger partial charge in [-0.1, -0.05) is 0 Å². The molecule has 0 saturated carbocycles. The Kier molecular flexibility index (Phi) is 2.48. The second-order valence-corrected chi connectivity index (χ2v) is 5.08. The Morgan fingerprint density at radius 3 is 3.33 bits per heavy atom. The fraction of sp³-hybridized carbons (Fsp3) is 0.444. The molecule has 0 saturated heterocycles. The number of nitrogens with one attached hydrogen (secondary N) is 1. The number of hydrogen-bond donors (Lipinski definition) is 1. The molecule has 1 N–H and O–H groups in total. The molecule has 12 heavy (non-hydrogen) atoms. The second-order valence-electron chi connectivity index (χ2n) is 2.84. The molecule has 0 amide bonds. The van der Waals surface area contributed by atoms with Crippen LogP contribution in [-0.2, 0) is 6.42 Å². The SMILES string of the molecule is C[I-]c1ccnc2c1CCCN2. The van der Waals surface area contributed by atoms with Gasteiger partial charge in [-0.05, 0) is 0 Å². The van der Waals surface area contributed by atoms with Crippen molar-refractivity contribution in [2.45, 2.75) is 12.8 Å². The van der Waals surface area contributed by atoms with E-state index < -0.39 is 0 Å². The summed E-state index contributed by atoms with van der Waals surface area (Å²) in [5.41, 5.74) is 1.49. The van der Waals surface area contributed by atoms with Crippen molar-refractivity contribution in [2.75, 3.05) is 16.8 Å². The van der Waals surface area contributed by atoms with Crippen LogP contribution in [-0.4, -0.2) is 16.5 Å². The third kappa shape index (κ3) is 1.42. The van der Waals surface area contributed by atoms with Gasteiger partial charge in [0.1, 0.15) is 0 Å². The van der Waals surface area contributed by atoms with E-state index in [1.165, 1.54) is 18.4 Å². The van der Waals surface area contributed by atoms with E-state index in [0.29, 0.717) is 0 Å². The zero-order chi connectivity index (χ0) is 8.39. The van der Waals surface area contributed by atoms with Gasteiger partial charge in [0.15, 0.2) is 0 Å². The van der Waals surface area contributed by atoms with E-state index in [9.17, 15) is 0 Å². The second kappa shape index (κ2) is 3.60. The number of aromatic nitrogens is 1. The van der Waals surface area contributed by atoms with E-state index in [1.54, 1.807) is 3.57 Å². The van der Waals surface area contributed by atoms with Crippen molar-refractivity contribution in [3.63, 3.8) is 0 Å². The molecular weight excluding hydrogens is 263 g/mol.